The molecule has 0 atom stereocenters. The normalized spacial score (nSPS) is 13.4. The van der Waals surface area contributed by atoms with E-state index in [2.05, 4.69) is 15.8 Å². The van der Waals surface area contributed by atoms with Crippen LogP contribution in [0.15, 0.2) is 28.8 Å². The maximum absolute atomic E-state index is 13.7. The largest absolute Gasteiger partial charge is 0.360 e. The van der Waals surface area contributed by atoms with Gasteiger partial charge in [-0.05, 0) is 31.9 Å². The average Bonchev–Trinajstić information content (AvgIpc) is 3.30. The molecule has 132 valence electrons. The zero-order chi connectivity index (χ0) is 18.0. The smallest absolute Gasteiger partial charge is 0.322 e. The number of nitrogens with one attached hydrogen (secondary N) is 2. The number of amides is 3. The predicted molar refractivity (Wildman–Crippen MR) is 85.0 cm³/mol. The van der Waals surface area contributed by atoms with Gasteiger partial charge in [-0.25, -0.2) is 13.6 Å². The van der Waals surface area contributed by atoms with Crippen LogP contribution in [0.5, 0.6) is 0 Å². The summed E-state index contributed by atoms with van der Waals surface area (Å²) < 4.78 is 31.5. The van der Waals surface area contributed by atoms with Crippen molar-refractivity contribution < 1.29 is 22.9 Å². The van der Waals surface area contributed by atoms with Crippen LogP contribution in [0.3, 0.4) is 0 Å². The molecule has 1 fully saturated rings. The zero-order valence-electron chi connectivity index (χ0n) is 13.4. The molecule has 1 aliphatic rings. The van der Waals surface area contributed by atoms with Crippen LogP contribution in [0.1, 0.15) is 18.6 Å². The molecule has 1 saturated carbocycles. The molecule has 7 nitrogen and oxygen atoms in total. The number of carbonyl (C=O) groups excluding carboxylic acids is 2. The lowest BCUT2D eigenvalue weighted by Crippen LogP contribution is -2.42. The first-order valence-electron chi connectivity index (χ1n) is 7.68. The number of anilines is 2. The van der Waals surface area contributed by atoms with Crippen molar-refractivity contribution >= 4 is 23.4 Å². The van der Waals surface area contributed by atoms with Gasteiger partial charge in [0.15, 0.2) is 5.82 Å². The number of carbonyl (C=O) groups is 2. The lowest BCUT2D eigenvalue weighted by atomic mass is 10.3. The van der Waals surface area contributed by atoms with Gasteiger partial charge < -0.3 is 20.1 Å². The van der Waals surface area contributed by atoms with Crippen molar-refractivity contribution in [2.24, 2.45) is 0 Å². The van der Waals surface area contributed by atoms with Gasteiger partial charge in [-0.3, -0.25) is 4.79 Å². The summed E-state index contributed by atoms with van der Waals surface area (Å²) in [5, 5.41) is 8.53. The molecular weight excluding hydrogens is 334 g/mol. The second-order valence-corrected chi connectivity index (χ2v) is 5.78. The molecule has 1 aromatic carbocycles. The summed E-state index contributed by atoms with van der Waals surface area (Å²) in [6, 6.07) is 3.68. The van der Waals surface area contributed by atoms with Gasteiger partial charge in [0, 0.05) is 18.2 Å². The second-order valence-electron chi connectivity index (χ2n) is 5.78. The first-order chi connectivity index (χ1) is 11.9. The molecule has 0 bridgehead atoms. The van der Waals surface area contributed by atoms with E-state index < -0.39 is 23.6 Å². The van der Waals surface area contributed by atoms with Crippen LogP contribution < -0.4 is 10.6 Å². The minimum atomic E-state index is -0.883. The van der Waals surface area contributed by atoms with Crippen molar-refractivity contribution in [2.45, 2.75) is 25.8 Å². The summed E-state index contributed by atoms with van der Waals surface area (Å²) in [5.41, 5.74) is -0.149. The van der Waals surface area contributed by atoms with Crippen molar-refractivity contribution in [1.82, 2.24) is 10.1 Å². The molecule has 2 N–H and O–H groups in total. The topological polar surface area (TPSA) is 87.5 Å². The van der Waals surface area contributed by atoms with Gasteiger partial charge >= 0.3 is 6.03 Å². The minimum Gasteiger partial charge on any atom is -0.360 e. The monoisotopic (exact) mass is 350 g/mol. The van der Waals surface area contributed by atoms with Gasteiger partial charge in [0.25, 0.3) is 0 Å². The van der Waals surface area contributed by atoms with Crippen molar-refractivity contribution in [3.8, 4) is 0 Å². The molecule has 2 aromatic rings. The van der Waals surface area contributed by atoms with E-state index in [1.165, 1.54) is 4.90 Å². The molecule has 1 aromatic heterocycles. The van der Waals surface area contributed by atoms with Crippen LogP contribution in [0, 0.1) is 18.6 Å². The Labute approximate surface area is 142 Å². The van der Waals surface area contributed by atoms with E-state index in [-0.39, 0.29) is 24.1 Å². The maximum atomic E-state index is 13.7. The van der Waals surface area contributed by atoms with Crippen molar-refractivity contribution in [2.75, 3.05) is 17.2 Å². The molecule has 3 rings (SSSR count). The van der Waals surface area contributed by atoms with Gasteiger partial charge in [-0.2, -0.15) is 0 Å². The fourth-order valence-corrected chi connectivity index (χ4v) is 2.29. The summed E-state index contributed by atoms with van der Waals surface area (Å²) in [4.78, 5) is 25.8. The van der Waals surface area contributed by atoms with E-state index in [4.69, 9.17) is 4.52 Å². The number of benzene rings is 1. The molecule has 0 spiro atoms. The van der Waals surface area contributed by atoms with Crippen molar-refractivity contribution in [3.63, 3.8) is 0 Å². The molecule has 1 heterocycles. The Hall–Kier alpha value is -2.97. The summed E-state index contributed by atoms with van der Waals surface area (Å²) in [6.07, 6.45) is 1.52. The SMILES string of the molecule is Cc1cc(NC(=O)CN(C(=O)Nc2ccc(F)cc2F)C2CC2)no1. The van der Waals surface area contributed by atoms with E-state index in [1.54, 1.807) is 13.0 Å². The van der Waals surface area contributed by atoms with Crippen LogP contribution in [-0.4, -0.2) is 34.6 Å². The van der Waals surface area contributed by atoms with Crippen LogP contribution in [-0.2, 0) is 4.79 Å². The van der Waals surface area contributed by atoms with Crippen molar-refractivity contribution in [3.05, 3.63) is 41.7 Å². The molecule has 1 aliphatic carbocycles. The van der Waals surface area contributed by atoms with E-state index in [0.29, 0.717) is 11.8 Å². The third kappa shape index (κ3) is 4.31. The number of aryl methyl sites for hydroxylation is 1. The van der Waals surface area contributed by atoms with E-state index in [1.807, 2.05) is 0 Å². The summed E-state index contributed by atoms with van der Waals surface area (Å²) in [7, 11) is 0. The highest BCUT2D eigenvalue weighted by Crippen LogP contribution is 2.27. The highest BCUT2D eigenvalue weighted by molar-refractivity contribution is 5.96. The van der Waals surface area contributed by atoms with Crippen LogP contribution in [0.2, 0.25) is 0 Å². The maximum Gasteiger partial charge on any atom is 0.322 e. The van der Waals surface area contributed by atoms with Crippen LogP contribution in [0.4, 0.5) is 25.1 Å². The highest BCUT2D eigenvalue weighted by Gasteiger charge is 2.34. The van der Waals surface area contributed by atoms with Crippen LogP contribution >= 0.6 is 0 Å². The zero-order valence-corrected chi connectivity index (χ0v) is 13.4. The Morgan fingerprint density at radius 3 is 2.64 bits per heavy atom. The van der Waals surface area contributed by atoms with Gasteiger partial charge in [-0.15, -0.1) is 0 Å². The van der Waals surface area contributed by atoms with E-state index in [9.17, 15) is 18.4 Å². The Bertz CT molecular complexity index is 804. The van der Waals surface area contributed by atoms with Gasteiger partial charge in [0.2, 0.25) is 5.91 Å². The molecule has 0 aliphatic heterocycles. The fourth-order valence-electron chi connectivity index (χ4n) is 2.29. The Morgan fingerprint density at radius 1 is 1.28 bits per heavy atom. The molecular formula is C16H16F2N4O3. The highest BCUT2D eigenvalue weighted by atomic mass is 19.1. The second kappa shape index (κ2) is 6.88. The Balaban J connectivity index is 1.64. The Morgan fingerprint density at radius 2 is 2.04 bits per heavy atom. The third-order valence-electron chi connectivity index (χ3n) is 3.63. The standard InChI is InChI=1S/C16H16F2N4O3/c1-9-6-14(21-25-9)20-15(23)8-22(11-3-4-11)16(24)19-13-5-2-10(17)7-12(13)18/h2,5-7,11H,3-4,8H2,1H3,(H,19,24)(H,20,21,23). The number of hydrogen-bond donors (Lipinski definition) is 2. The van der Waals surface area contributed by atoms with Crippen molar-refractivity contribution in [1.29, 1.82) is 0 Å². The van der Waals surface area contributed by atoms with Gasteiger partial charge in [0.05, 0.1) is 5.69 Å². The average molecular weight is 350 g/mol. The Kier molecular flexibility index (Phi) is 4.64. The van der Waals surface area contributed by atoms with Gasteiger partial charge in [0.1, 0.15) is 23.9 Å². The summed E-state index contributed by atoms with van der Waals surface area (Å²) in [6.45, 7) is 1.47. The lowest BCUT2D eigenvalue weighted by Gasteiger charge is -2.22. The minimum absolute atomic E-state index is 0.0895. The number of nitrogens with zero attached hydrogens (tertiary/aromatic N) is 2. The molecule has 0 saturated heterocycles. The van der Waals surface area contributed by atoms with Crippen LogP contribution in [0.25, 0.3) is 0 Å². The summed E-state index contributed by atoms with van der Waals surface area (Å²) >= 11 is 0. The number of aromatic nitrogens is 1. The number of hydrogen-bond acceptors (Lipinski definition) is 4. The lowest BCUT2D eigenvalue weighted by molar-refractivity contribution is -0.116. The molecule has 3 amide bonds. The molecule has 0 unspecified atom stereocenters. The quantitative estimate of drug-likeness (QED) is 0.868. The first-order valence-corrected chi connectivity index (χ1v) is 7.68. The first kappa shape index (κ1) is 16.9. The number of rotatable bonds is 5. The number of urea groups is 1. The molecule has 0 radical (unpaired) electrons. The third-order valence-corrected chi connectivity index (χ3v) is 3.63. The molecule has 25 heavy (non-hydrogen) atoms. The van der Waals surface area contributed by atoms with E-state index in [0.717, 1.165) is 25.0 Å². The molecule has 9 heteroatoms. The van der Waals surface area contributed by atoms with Gasteiger partial charge in [-0.1, -0.05) is 5.16 Å². The fraction of sp³-hybridized carbons (Fsp3) is 0.312. The number of halogens is 2. The van der Waals surface area contributed by atoms with E-state index >= 15 is 0 Å². The summed E-state index contributed by atoms with van der Waals surface area (Å²) in [5.74, 6) is -1.28. The predicted octanol–water partition coefficient (Wildman–Crippen LogP) is 2.90.